The van der Waals surface area contributed by atoms with Crippen molar-refractivity contribution in [1.82, 2.24) is 10.2 Å². The Labute approximate surface area is 88.3 Å². The summed E-state index contributed by atoms with van der Waals surface area (Å²) >= 11 is 5.94. The van der Waals surface area contributed by atoms with E-state index in [0.717, 1.165) is 28.0 Å². The highest BCUT2D eigenvalue weighted by molar-refractivity contribution is 6.31. The van der Waals surface area contributed by atoms with Gasteiger partial charge >= 0.3 is 0 Å². The first-order chi connectivity index (χ1) is 6.66. The molecule has 0 spiro atoms. The Kier molecular flexibility index (Phi) is 2.46. The van der Waals surface area contributed by atoms with Crippen LogP contribution in [0.25, 0.3) is 10.9 Å². The number of benzene rings is 1. The second-order valence-electron chi connectivity index (χ2n) is 3.96. The zero-order chi connectivity index (χ0) is 10.1. The lowest BCUT2D eigenvalue weighted by atomic mass is 10.1. The molecule has 2 rings (SSSR count). The van der Waals surface area contributed by atoms with E-state index in [2.05, 4.69) is 24.0 Å². The summed E-state index contributed by atoms with van der Waals surface area (Å²) in [7, 11) is 0. The minimum atomic E-state index is 0.612. The van der Waals surface area contributed by atoms with Crippen LogP contribution in [-0.2, 0) is 6.42 Å². The maximum atomic E-state index is 5.94. The smallest absolute Gasteiger partial charge is 0.0703 e. The van der Waals surface area contributed by atoms with Crippen molar-refractivity contribution in [2.45, 2.75) is 20.3 Å². The van der Waals surface area contributed by atoms with Crippen LogP contribution in [-0.4, -0.2) is 10.2 Å². The van der Waals surface area contributed by atoms with Gasteiger partial charge in [-0.3, -0.25) is 5.10 Å². The number of rotatable bonds is 2. The molecule has 0 amide bonds. The molecule has 0 aliphatic carbocycles. The molecule has 0 bridgehead atoms. The summed E-state index contributed by atoms with van der Waals surface area (Å²) in [5.74, 6) is 0.612. The standard InChI is InChI=1S/C11H13ClN2/c1-7(2)5-11-9-6-8(12)3-4-10(9)13-14-11/h3-4,6-7H,5H2,1-2H3,(H,13,14). The van der Waals surface area contributed by atoms with Gasteiger partial charge in [0.05, 0.1) is 11.2 Å². The molecule has 74 valence electrons. The van der Waals surface area contributed by atoms with Crippen LogP contribution in [0.5, 0.6) is 0 Å². The SMILES string of the molecule is CC(C)Cc1n[nH]c2ccc(Cl)cc12. The van der Waals surface area contributed by atoms with Crippen LogP contribution in [0.2, 0.25) is 5.02 Å². The topological polar surface area (TPSA) is 28.7 Å². The molecule has 14 heavy (non-hydrogen) atoms. The maximum absolute atomic E-state index is 5.94. The number of H-pyrrole nitrogens is 1. The molecule has 0 fully saturated rings. The maximum Gasteiger partial charge on any atom is 0.0703 e. The van der Waals surface area contributed by atoms with Crippen LogP contribution in [0.1, 0.15) is 19.5 Å². The predicted octanol–water partition coefficient (Wildman–Crippen LogP) is 3.41. The number of halogens is 1. The summed E-state index contributed by atoms with van der Waals surface area (Å²) in [6.45, 7) is 4.37. The van der Waals surface area contributed by atoms with Gasteiger partial charge in [0.15, 0.2) is 0 Å². The van der Waals surface area contributed by atoms with Gasteiger partial charge in [0.1, 0.15) is 0 Å². The molecule has 0 saturated carbocycles. The van der Waals surface area contributed by atoms with Crippen molar-refractivity contribution in [1.29, 1.82) is 0 Å². The summed E-state index contributed by atoms with van der Waals surface area (Å²) in [5, 5.41) is 9.22. The van der Waals surface area contributed by atoms with Crippen molar-refractivity contribution < 1.29 is 0 Å². The van der Waals surface area contributed by atoms with Crippen LogP contribution >= 0.6 is 11.6 Å². The average Bonchev–Trinajstić information content (AvgIpc) is 2.47. The summed E-state index contributed by atoms with van der Waals surface area (Å²) in [6, 6.07) is 5.81. The molecule has 0 atom stereocenters. The highest BCUT2D eigenvalue weighted by atomic mass is 35.5. The fraction of sp³-hybridized carbons (Fsp3) is 0.364. The van der Waals surface area contributed by atoms with Gasteiger partial charge in [0, 0.05) is 10.4 Å². The van der Waals surface area contributed by atoms with Gasteiger partial charge in [-0.15, -0.1) is 0 Å². The van der Waals surface area contributed by atoms with Gasteiger partial charge in [-0.25, -0.2) is 0 Å². The second kappa shape index (κ2) is 3.62. The van der Waals surface area contributed by atoms with E-state index in [-0.39, 0.29) is 0 Å². The van der Waals surface area contributed by atoms with Crippen LogP contribution in [0.3, 0.4) is 0 Å². The van der Waals surface area contributed by atoms with Crippen molar-refractivity contribution in [3.8, 4) is 0 Å². The lowest BCUT2D eigenvalue weighted by Crippen LogP contribution is -1.94. The van der Waals surface area contributed by atoms with Crippen molar-refractivity contribution in [3.63, 3.8) is 0 Å². The van der Waals surface area contributed by atoms with Gasteiger partial charge in [-0.2, -0.15) is 5.10 Å². The predicted molar refractivity (Wildman–Crippen MR) is 59.6 cm³/mol. The first-order valence-corrected chi connectivity index (χ1v) is 5.17. The van der Waals surface area contributed by atoms with Crippen LogP contribution in [0.4, 0.5) is 0 Å². The molecule has 0 aliphatic heterocycles. The Morgan fingerprint density at radius 2 is 2.21 bits per heavy atom. The van der Waals surface area contributed by atoms with Crippen molar-refractivity contribution in [2.75, 3.05) is 0 Å². The third-order valence-electron chi connectivity index (χ3n) is 2.21. The Balaban J connectivity index is 2.50. The monoisotopic (exact) mass is 208 g/mol. The third-order valence-corrected chi connectivity index (χ3v) is 2.44. The van der Waals surface area contributed by atoms with Crippen molar-refractivity contribution >= 4 is 22.5 Å². The number of fused-ring (bicyclic) bond motifs is 1. The van der Waals surface area contributed by atoms with E-state index in [1.165, 1.54) is 0 Å². The van der Waals surface area contributed by atoms with E-state index >= 15 is 0 Å². The number of hydrogen-bond acceptors (Lipinski definition) is 1. The number of hydrogen-bond donors (Lipinski definition) is 1. The molecule has 2 nitrogen and oxygen atoms in total. The molecule has 0 unspecified atom stereocenters. The van der Waals surface area contributed by atoms with E-state index in [0.29, 0.717) is 5.92 Å². The molecule has 1 aromatic heterocycles. The number of nitrogens with zero attached hydrogens (tertiary/aromatic N) is 1. The second-order valence-corrected chi connectivity index (χ2v) is 4.39. The summed E-state index contributed by atoms with van der Waals surface area (Å²) in [6.07, 6.45) is 0.986. The largest absolute Gasteiger partial charge is 0.278 e. The molecule has 1 heterocycles. The first-order valence-electron chi connectivity index (χ1n) is 4.79. The number of aromatic amines is 1. The lowest BCUT2D eigenvalue weighted by molar-refractivity contribution is 0.636. The normalized spacial score (nSPS) is 11.4. The highest BCUT2D eigenvalue weighted by Crippen LogP contribution is 2.22. The summed E-state index contributed by atoms with van der Waals surface area (Å²) in [4.78, 5) is 0. The van der Waals surface area contributed by atoms with Gasteiger partial charge in [0.2, 0.25) is 0 Å². The van der Waals surface area contributed by atoms with Crippen LogP contribution in [0, 0.1) is 5.92 Å². The van der Waals surface area contributed by atoms with Crippen molar-refractivity contribution in [3.05, 3.63) is 28.9 Å². The first kappa shape index (κ1) is 9.53. The Morgan fingerprint density at radius 3 is 2.93 bits per heavy atom. The molecular weight excluding hydrogens is 196 g/mol. The molecule has 1 N–H and O–H groups in total. The molecule has 0 aliphatic rings. The molecule has 0 radical (unpaired) electrons. The number of aromatic nitrogens is 2. The molecule has 0 saturated heterocycles. The highest BCUT2D eigenvalue weighted by Gasteiger charge is 2.07. The van der Waals surface area contributed by atoms with Crippen LogP contribution < -0.4 is 0 Å². The molecule has 3 heteroatoms. The summed E-state index contributed by atoms with van der Waals surface area (Å²) in [5.41, 5.74) is 2.17. The Bertz CT molecular complexity index is 445. The van der Waals surface area contributed by atoms with Gasteiger partial charge in [-0.1, -0.05) is 25.4 Å². The Morgan fingerprint density at radius 1 is 1.43 bits per heavy atom. The minimum absolute atomic E-state index is 0.612. The molecular formula is C11H13ClN2. The quantitative estimate of drug-likeness (QED) is 0.805. The van der Waals surface area contributed by atoms with Gasteiger partial charge in [0.25, 0.3) is 0 Å². The zero-order valence-corrected chi connectivity index (χ0v) is 9.10. The lowest BCUT2D eigenvalue weighted by Gasteiger charge is -2.00. The Hall–Kier alpha value is -1.02. The van der Waals surface area contributed by atoms with Crippen LogP contribution in [0.15, 0.2) is 18.2 Å². The zero-order valence-electron chi connectivity index (χ0n) is 8.34. The van der Waals surface area contributed by atoms with Gasteiger partial charge in [-0.05, 0) is 30.5 Å². The van der Waals surface area contributed by atoms with E-state index < -0.39 is 0 Å². The molecule has 2 aromatic rings. The summed E-state index contributed by atoms with van der Waals surface area (Å²) < 4.78 is 0. The van der Waals surface area contributed by atoms with E-state index in [1.54, 1.807) is 0 Å². The van der Waals surface area contributed by atoms with E-state index in [1.807, 2.05) is 18.2 Å². The van der Waals surface area contributed by atoms with E-state index in [9.17, 15) is 0 Å². The molecule has 1 aromatic carbocycles. The fourth-order valence-electron chi connectivity index (χ4n) is 1.58. The van der Waals surface area contributed by atoms with Crippen molar-refractivity contribution in [2.24, 2.45) is 5.92 Å². The van der Waals surface area contributed by atoms with Gasteiger partial charge < -0.3 is 0 Å². The average molecular weight is 209 g/mol. The fourth-order valence-corrected chi connectivity index (χ4v) is 1.76. The van der Waals surface area contributed by atoms with E-state index in [4.69, 9.17) is 11.6 Å². The number of nitrogens with one attached hydrogen (secondary N) is 1. The minimum Gasteiger partial charge on any atom is -0.278 e. The third kappa shape index (κ3) is 1.75.